The van der Waals surface area contributed by atoms with Crippen LogP contribution in [0, 0.1) is 5.82 Å². The van der Waals surface area contributed by atoms with E-state index >= 15 is 0 Å². The Morgan fingerprint density at radius 1 is 1.56 bits per heavy atom. The van der Waals surface area contributed by atoms with Gasteiger partial charge in [0.1, 0.15) is 5.82 Å². The second kappa shape index (κ2) is 4.93. The van der Waals surface area contributed by atoms with Crippen LogP contribution < -0.4 is 5.73 Å². The fraction of sp³-hybridized carbons (Fsp3) is 0.333. The molecule has 1 heterocycles. The third-order valence-electron chi connectivity index (χ3n) is 1.96. The summed E-state index contributed by atoms with van der Waals surface area (Å²) in [5.74, 6) is -2.53. The molecule has 0 fully saturated rings. The molecule has 0 bridgehead atoms. The lowest BCUT2D eigenvalue weighted by Gasteiger charge is -2.10. The van der Waals surface area contributed by atoms with Crippen LogP contribution >= 0.6 is 0 Å². The number of nitrogens with two attached hydrogens (primary N) is 1. The number of pyridine rings is 1. The largest absolute Gasteiger partial charge is 0.481 e. The molecular formula is C9H9F3N2O2. The van der Waals surface area contributed by atoms with Crippen LogP contribution in [0.3, 0.4) is 0 Å². The van der Waals surface area contributed by atoms with Crippen LogP contribution in [0.4, 0.5) is 13.2 Å². The zero-order valence-electron chi connectivity index (χ0n) is 8.08. The Labute approximate surface area is 88.9 Å². The number of aromatic nitrogens is 1. The van der Waals surface area contributed by atoms with Gasteiger partial charge in [-0.1, -0.05) is 0 Å². The van der Waals surface area contributed by atoms with Crippen molar-refractivity contribution in [1.82, 2.24) is 4.98 Å². The van der Waals surface area contributed by atoms with Crippen molar-refractivity contribution in [2.24, 2.45) is 5.73 Å². The number of nitrogens with zero attached hydrogens (tertiary/aromatic N) is 1. The van der Waals surface area contributed by atoms with Crippen molar-refractivity contribution in [1.29, 1.82) is 0 Å². The third-order valence-corrected chi connectivity index (χ3v) is 1.96. The molecule has 1 rings (SSSR count). The number of carbonyl (C=O) groups is 1. The Morgan fingerprint density at radius 3 is 2.62 bits per heavy atom. The number of carboxylic acids is 1. The molecule has 7 heteroatoms. The van der Waals surface area contributed by atoms with Gasteiger partial charge in [-0.2, -0.15) is 0 Å². The fourth-order valence-corrected chi connectivity index (χ4v) is 1.23. The van der Waals surface area contributed by atoms with Gasteiger partial charge in [-0.25, -0.2) is 13.2 Å². The SMILES string of the molecule is NCc1cnc(CC(=O)O)c(C(F)F)c1F. The second-order valence-electron chi connectivity index (χ2n) is 3.03. The van der Waals surface area contributed by atoms with E-state index in [0.717, 1.165) is 6.20 Å². The molecule has 0 spiro atoms. The molecule has 0 aromatic carbocycles. The van der Waals surface area contributed by atoms with Crippen molar-refractivity contribution in [2.45, 2.75) is 19.4 Å². The van der Waals surface area contributed by atoms with Gasteiger partial charge in [0.2, 0.25) is 0 Å². The summed E-state index contributed by atoms with van der Waals surface area (Å²) in [6, 6.07) is 0. The highest BCUT2D eigenvalue weighted by Crippen LogP contribution is 2.26. The minimum absolute atomic E-state index is 0.163. The summed E-state index contributed by atoms with van der Waals surface area (Å²) in [4.78, 5) is 13.9. The van der Waals surface area contributed by atoms with Crippen molar-refractivity contribution >= 4 is 5.97 Å². The fourth-order valence-electron chi connectivity index (χ4n) is 1.23. The molecule has 1 aromatic rings. The predicted octanol–water partition coefficient (Wildman–Crippen LogP) is 1.24. The molecule has 16 heavy (non-hydrogen) atoms. The topological polar surface area (TPSA) is 76.2 Å². The molecule has 0 aliphatic rings. The molecular weight excluding hydrogens is 225 g/mol. The number of alkyl halides is 2. The Hall–Kier alpha value is -1.63. The van der Waals surface area contributed by atoms with Crippen LogP contribution in [0.15, 0.2) is 6.20 Å². The number of hydrogen-bond donors (Lipinski definition) is 2. The first-order valence-corrected chi connectivity index (χ1v) is 4.33. The lowest BCUT2D eigenvalue weighted by molar-refractivity contribution is -0.136. The van der Waals surface area contributed by atoms with Crippen molar-refractivity contribution < 1.29 is 23.1 Å². The lowest BCUT2D eigenvalue weighted by Crippen LogP contribution is -2.12. The summed E-state index contributed by atoms with van der Waals surface area (Å²) in [5.41, 5.74) is 3.51. The Kier molecular flexibility index (Phi) is 3.83. The van der Waals surface area contributed by atoms with Gasteiger partial charge >= 0.3 is 5.97 Å². The van der Waals surface area contributed by atoms with E-state index in [1.807, 2.05) is 0 Å². The summed E-state index contributed by atoms with van der Waals surface area (Å²) in [6.45, 7) is -0.272. The number of rotatable bonds is 4. The van der Waals surface area contributed by atoms with Crippen LogP contribution in [0.25, 0.3) is 0 Å². The smallest absolute Gasteiger partial charge is 0.309 e. The summed E-state index contributed by atoms with van der Waals surface area (Å²) < 4.78 is 38.5. The normalized spacial score (nSPS) is 10.8. The first kappa shape index (κ1) is 12.4. The molecule has 0 aliphatic carbocycles. The van der Waals surface area contributed by atoms with Crippen molar-refractivity contribution in [3.8, 4) is 0 Å². The molecule has 0 aliphatic heterocycles. The molecule has 4 nitrogen and oxygen atoms in total. The van der Waals surface area contributed by atoms with Crippen molar-refractivity contribution in [3.05, 3.63) is 28.8 Å². The number of aliphatic carboxylic acids is 1. The van der Waals surface area contributed by atoms with Crippen LogP contribution in [0.1, 0.15) is 23.2 Å². The van der Waals surface area contributed by atoms with Gasteiger partial charge in [-0.15, -0.1) is 0 Å². The molecule has 1 aromatic heterocycles. The molecule has 0 radical (unpaired) electrons. The molecule has 3 N–H and O–H groups in total. The average molecular weight is 234 g/mol. The van der Waals surface area contributed by atoms with Crippen LogP contribution in [-0.2, 0) is 17.8 Å². The van der Waals surface area contributed by atoms with Gasteiger partial charge in [0, 0.05) is 18.3 Å². The minimum atomic E-state index is -3.12. The first-order chi connectivity index (χ1) is 7.47. The maximum Gasteiger partial charge on any atom is 0.309 e. The van der Waals surface area contributed by atoms with E-state index in [1.165, 1.54) is 0 Å². The van der Waals surface area contributed by atoms with Gasteiger partial charge in [0.25, 0.3) is 6.43 Å². The van der Waals surface area contributed by atoms with Gasteiger partial charge < -0.3 is 10.8 Å². The summed E-state index contributed by atoms with van der Waals surface area (Å²) in [7, 11) is 0. The Morgan fingerprint density at radius 2 is 2.19 bits per heavy atom. The van der Waals surface area contributed by atoms with Gasteiger partial charge in [-0.05, 0) is 0 Å². The molecule has 0 saturated carbocycles. The highest BCUT2D eigenvalue weighted by atomic mass is 19.3. The van der Waals surface area contributed by atoms with Crippen molar-refractivity contribution in [3.63, 3.8) is 0 Å². The summed E-state index contributed by atoms with van der Waals surface area (Å²) in [6.07, 6.45) is -2.89. The van der Waals surface area contributed by atoms with Crippen LogP contribution in [0.2, 0.25) is 0 Å². The summed E-state index contributed by atoms with van der Waals surface area (Å²) in [5, 5.41) is 8.46. The highest BCUT2D eigenvalue weighted by Gasteiger charge is 2.23. The maximum atomic E-state index is 13.4. The van der Waals surface area contributed by atoms with E-state index < -0.39 is 35.9 Å². The Bertz CT molecular complexity index is 410. The number of carboxylic acid groups (broad SMARTS) is 1. The molecule has 88 valence electrons. The summed E-state index contributed by atoms with van der Waals surface area (Å²) >= 11 is 0. The van der Waals surface area contributed by atoms with Gasteiger partial charge in [0.15, 0.2) is 0 Å². The molecule has 0 unspecified atom stereocenters. The predicted molar refractivity (Wildman–Crippen MR) is 48.4 cm³/mol. The number of halogens is 3. The van der Waals surface area contributed by atoms with Gasteiger partial charge in [-0.3, -0.25) is 9.78 Å². The zero-order valence-corrected chi connectivity index (χ0v) is 8.08. The average Bonchev–Trinajstić information content (AvgIpc) is 2.16. The van der Waals surface area contributed by atoms with Crippen molar-refractivity contribution in [2.75, 3.05) is 0 Å². The zero-order chi connectivity index (χ0) is 12.3. The second-order valence-corrected chi connectivity index (χ2v) is 3.03. The van der Waals surface area contributed by atoms with E-state index in [1.54, 1.807) is 0 Å². The van der Waals surface area contributed by atoms with Crippen LogP contribution in [0.5, 0.6) is 0 Å². The van der Waals surface area contributed by atoms with E-state index in [-0.39, 0.29) is 12.1 Å². The minimum Gasteiger partial charge on any atom is -0.481 e. The quantitative estimate of drug-likeness (QED) is 0.821. The molecule has 0 amide bonds. The van der Waals surface area contributed by atoms with E-state index in [4.69, 9.17) is 10.8 Å². The molecule has 0 atom stereocenters. The monoisotopic (exact) mass is 234 g/mol. The van der Waals surface area contributed by atoms with E-state index in [9.17, 15) is 18.0 Å². The van der Waals surface area contributed by atoms with E-state index in [0.29, 0.717) is 0 Å². The third kappa shape index (κ3) is 2.48. The number of hydrogen-bond acceptors (Lipinski definition) is 3. The molecule has 0 saturated heterocycles. The lowest BCUT2D eigenvalue weighted by atomic mass is 10.1. The Balaban J connectivity index is 3.28. The maximum absolute atomic E-state index is 13.4. The standard InChI is InChI=1S/C9H9F3N2O2/c10-8-4(2-13)3-14-5(1-6(15)16)7(8)9(11)12/h3,9H,1-2,13H2,(H,15,16). The van der Waals surface area contributed by atoms with Gasteiger partial charge in [0.05, 0.1) is 17.7 Å². The van der Waals surface area contributed by atoms with E-state index in [2.05, 4.69) is 4.98 Å². The first-order valence-electron chi connectivity index (χ1n) is 4.33. The highest BCUT2D eigenvalue weighted by molar-refractivity contribution is 5.70. The van der Waals surface area contributed by atoms with Crippen LogP contribution in [-0.4, -0.2) is 16.1 Å².